The molecule has 1 fully saturated rings. The van der Waals surface area contributed by atoms with Gasteiger partial charge in [0.2, 0.25) is 5.91 Å². The van der Waals surface area contributed by atoms with E-state index in [1.807, 2.05) is 26.0 Å². The zero-order valence-electron chi connectivity index (χ0n) is 18.2. The summed E-state index contributed by atoms with van der Waals surface area (Å²) in [7, 11) is 0. The Hall–Kier alpha value is -4.18. The molecule has 0 radical (unpaired) electrons. The molecule has 1 saturated heterocycles. The Kier molecular flexibility index (Phi) is 6.33. The quantitative estimate of drug-likeness (QED) is 0.296. The molecule has 0 bridgehead atoms. The molecule has 0 saturated carbocycles. The summed E-state index contributed by atoms with van der Waals surface area (Å²) in [5, 5.41) is 13.4. The normalized spacial score (nSPS) is 14.6. The van der Waals surface area contributed by atoms with Gasteiger partial charge in [-0.15, -0.1) is 0 Å². The van der Waals surface area contributed by atoms with E-state index in [1.54, 1.807) is 36.4 Å². The number of nitrogens with zero attached hydrogens (tertiary/aromatic N) is 2. The number of benzene rings is 2. The third kappa shape index (κ3) is 4.76. The lowest BCUT2D eigenvalue weighted by Gasteiger charge is -2.13. The Morgan fingerprint density at radius 3 is 2.62 bits per heavy atom. The van der Waals surface area contributed by atoms with Crippen LogP contribution in [0.15, 0.2) is 63.9 Å². The van der Waals surface area contributed by atoms with Gasteiger partial charge in [-0.25, -0.2) is 0 Å². The smallest absolute Gasteiger partial charge is 0.294 e. The van der Waals surface area contributed by atoms with Crippen LogP contribution in [0, 0.1) is 24.0 Å². The minimum absolute atomic E-state index is 0.0902. The fourth-order valence-corrected chi connectivity index (χ4v) is 4.16. The van der Waals surface area contributed by atoms with Gasteiger partial charge in [-0.2, -0.15) is 0 Å². The van der Waals surface area contributed by atoms with Crippen LogP contribution in [0.2, 0.25) is 0 Å². The van der Waals surface area contributed by atoms with E-state index in [0.717, 1.165) is 16.0 Å². The Balaban J connectivity index is 1.48. The molecule has 0 aliphatic carbocycles. The predicted molar refractivity (Wildman–Crippen MR) is 128 cm³/mol. The van der Waals surface area contributed by atoms with Gasteiger partial charge in [0.1, 0.15) is 18.1 Å². The van der Waals surface area contributed by atoms with Crippen molar-refractivity contribution in [2.45, 2.75) is 13.8 Å². The monoisotopic (exact) mass is 477 g/mol. The van der Waals surface area contributed by atoms with Crippen molar-refractivity contribution in [1.82, 2.24) is 4.90 Å². The fraction of sp³-hybridized carbons (Fsp3) is 0.125. The van der Waals surface area contributed by atoms with E-state index in [-0.39, 0.29) is 22.1 Å². The number of furan rings is 1. The van der Waals surface area contributed by atoms with Crippen molar-refractivity contribution < 1.29 is 23.7 Å². The van der Waals surface area contributed by atoms with Gasteiger partial charge in [0.25, 0.3) is 16.8 Å². The molecule has 1 aromatic heterocycles. The molecule has 4 rings (SSSR count). The van der Waals surface area contributed by atoms with E-state index >= 15 is 0 Å². The molecule has 34 heavy (non-hydrogen) atoms. The first-order chi connectivity index (χ1) is 16.2. The molecular weight excluding hydrogens is 458 g/mol. The van der Waals surface area contributed by atoms with Crippen molar-refractivity contribution >= 4 is 46.3 Å². The van der Waals surface area contributed by atoms with Crippen LogP contribution in [-0.2, 0) is 9.59 Å². The molecule has 3 amide bonds. The Morgan fingerprint density at radius 1 is 1.12 bits per heavy atom. The lowest BCUT2D eigenvalue weighted by Crippen LogP contribution is -2.36. The number of carbonyl (C=O) groups excluding carboxylic acids is 3. The minimum atomic E-state index is -0.617. The largest absolute Gasteiger partial charge is 0.456 e. The number of nitro benzene ring substituents is 1. The van der Waals surface area contributed by atoms with Crippen LogP contribution in [0.25, 0.3) is 17.4 Å². The van der Waals surface area contributed by atoms with Gasteiger partial charge in [-0.05, 0) is 67.1 Å². The highest BCUT2D eigenvalue weighted by molar-refractivity contribution is 8.18. The number of carbonyl (C=O) groups is 3. The molecule has 3 aromatic rings. The number of hydrogen-bond donors (Lipinski definition) is 1. The van der Waals surface area contributed by atoms with E-state index in [0.29, 0.717) is 23.0 Å². The summed E-state index contributed by atoms with van der Waals surface area (Å²) in [4.78, 5) is 49.2. The summed E-state index contributed by atoms with van der Waals surface area (Å²) in [6.45, 7) is 3.45. The first-order valence-electron chi connectivity index (χ1n) is 10.2. The second kappa shape index (κ2) is 9.36. The number of thioether (sulfide) groups is 1. The highest BCUT2D eigenvalue weighted by atomic mass is 32.2. The van der Waals surface area contributed by atoms with Gasteiger partial charge >= 0.3 is 0 Å². The lowest BCUT2D eigenvalue weighted by atomic mass is 10.1. The molecule has 1 aliphatic rings. The topological polar surface area (TPSA) is 123 Å². The van der Waals surface area contributed by atoms with Crippen molar-refractivity contribution in [3.63, 3.8) is 0 Å². The zero-order chi connectivity index (χ0) is 24.4. The maximum atomic E-state index is 12.7. The third-order valence-electron chi connectivity index (χ3n) is 5.23. The molecule has 0 spiro atoms. The second-order valence-electron chi connectivity index (χ2n) is 7.59. The van der Waals surface area contributed by atoms with Crippen molar-refractivity contribution in [3.8, 4) is 11.3 Å². The van der Waals surface area contributed by atoms with Gasteiger partial charge in [0.05, 0.1) is 15.4 Å². The molecule has 2 heterocycles. The van der Waals surface area contributed by atoms with E-state index in [1.165, 1.54) is 12.1 Å². The van der Waals surface area contributed by atoms with Crippen LogP contribution in [0.3, 0.4) is 0 Å². The maximum Gasteiger partial charge on any atom is 0.294 e. The van der Waals surface area contributed by atoms with Crippen LogP contribution in [-0.4, -0.2) is 33.4 Å². The molecule has 10 heteroatoms. The van der Waals surface area contributed by atoms with E-state index in [9.17, 15) is 24.5 Å². The average molecular weight is 477 g/mol. The second-order valence-corrected chi connectivity index (χ2v) is 8.58. The molecule has 2 aromatic carbocycles. The molecule has 1 aliphatic heterocycles. The van der Waals surface area contributed by atoms with E-state index in [4.69, 9.17) is 4.42 Å². The summed E-state index contributed by atoms with van der Waals surface area (Å²) in [5.41, 5.74) is 2.85. The molecule has 0 unspecified atom stereocenters. The number of amides is 3. The first-order valence-corrected chi connectivity index (χ1v) is 11.0. The number of nitro groups is 1. The van der Waals surface area contributed by atoms with Gasteiger partial charge in [-0.3, -0.25) is 29.4 Å². The van der Waals surface area contributed by atoms with Gasteiger partial charge in [-0.1, -0.05) is 18.2 Å². The highest BCUT2D eigenvalue weighted by Crippen LogP contribution is 2.35. The molecule has 1 N–H and O–H groups in total. The summed E-state index contributed by atoms with van der Waals surface area (Å²) >= 11 is 0.693. The molecule has 9 nitrogen and oxygen atoms in total. The minimum Gasteiger partial charge on any atom is -0.456 e. The highest BCUT2D eigenvalue weighted by Gasteiger charge is 2.36. The third-order valence-corrected chi connectivity index (χ3v) is 6.14. The standard InChI is InChI=1S/C24H19N3O6S/c1-14-7-8-16(11-15(14)2)25-22(28)13-26-23(29)21(34-24(26)30)12-17-9-10-20(33-17)18-5-3-4-6-19(18)27(31)32/h3-12H,13H2,1-2H3,(H,25,28)/b21-12-. The number of rotatable bonds is 6. The number of anilines is 1. The van der Waals surface area contributed by atoms with Gasteiger partial charge in [0, 0.05) is 17.8 Å². The number of imide groups is 1. The Bertz CT molecular complexity index is 1360. The average Bonchev–Trinajstić information content (AvgIpc) is 3.36. The Labute approximate surface area is 198 Å². The van der Waals surface area contributed by atoms with Crippen molar-refractivity contribution in [1.29, 1.82) is 0 Å². The first kappa shape index (κ1) is 23.0. The summed E-state index contributed by atoms with van der Waals surface area (Å²) in [5.74, 6) is -0.610. The zero-order valence-corrected chi connectivity index (χ0v) is 19.0. The van der Waals surface area contributed by atoms with Gasteiger partial charge in [0.15, 0.2) is 0 Å². The fourth-order valence-electron chi connectivity index (χ4n) is 3.35. The number of aryl methyl sites for hydroxylation is 2. The summed E-state index contributed by atoms with van der Waals surface area (Å²) in [6, 6.07) is 14.7. The Morgan fingerprint density at radius 2 is 1.88 bits per heavy atom. The molecular formula is C24H19N3O6S. The van der Waals surface area contributed by atoms with Crippen LogP contribution in [0.4, 0.5) is 16.2 Å². The van der Waals surface area contributed by atoms with Crippen LogP contribution < -0.4 is 5.32 Å². The molecule has 172 valence electrons. The summed E-state index contributed by atoms with van der Waals surface area (Å²) in [6.07, 6.45) is 1.38. The molecule has 0 atom stereocenters. The number of nitrogens with one attached hydrogen (secondary N) is 1. The van der Waals surface area contributed by atoms with Crippen molar-refractivity contribution in [2.75, 3.05) is 11.9 Å². The number of hydrogen-bond acceptors (Lipinski definition) is 7. The summed E-state index contributed by atoms with van der Waals surface area (Å²) < 4.78 is 5.67. The van der Waals surface area contributed by atoms with E-state index in [2.05, 4.69) is 5.32 Å². The van der Waals surface area contributed by atoms with Crippen LogP contribution >= 0.6 is 11.8 Å². The SMILES string of the molecule is Cc1ccc(NC(=O)CN2C(=O)S/C(=C\c3ccc(-c4ccccc4[N+](=O)[O-])o3)C2=O)cc1C. The maximum absolute atomic E-state index is 12.7. The predicted octanol–water partition coefficient (Wildman–Crippen LogP) is 5.15. The van der Waals surface area contributed by atoms with Crippen molar-refractivity contribution in [3.05, 3.63) is 86.5 Å². The van der Waals surface area contributed by atoms with Crippen molar-refractivity contribution in [2.24, 2.45) is 0 Å². The van der Waals surface area contributed by atoms with E-state index < -0.39 is 28.5 Å². The van der Waals surface area contributed by atoms with Crippen LogP contribution in [0.5, 0.6) is 0 Å². The van der Waals surface area contributed by atoms with Crippen LogP contribution in [0.1, 0.15) is 16.9 Å². The number of para-hydroxylation sites is 1. The van der Waals surface area contributed by atoms with Gasteiger partial charge < -0.3 is 9.73 Å². The lowest BCUT2D eigenvalue weighted by molar-refractivity contribution is -0.384.